The molecule has 0 radical (unpaired) electrons. The van der Waals surface area contributed by atoms with E-state index in [-0.39, 0.29) is 0 Å². The van der Waals surface area contributed by atoms with Crippen LogP contribution in [-0.2, 0) is 9.36 Å². The molecular weight excluding hydrogens is 127 g/mol. The average molecular weight is 135 g/mol. The summed E-state index contributed by atoms with van der Waals surface area (Å²) in [6, 6.07) is 0. The van der Waals surface area contributed by atoms with Gasteiger partial charge in [0.15, 0.2) is 0 Å². The molecule has 1 unspecified atom stereocenters. The first-order valence-corrected chi connectivity index (χ1v) is 3.04. The van der Waals surface area contributed by atoms with E-state index in [1.807, 2.05) is 0 Å². The minimum Gasteiger partial charge on any atom is -0.478 e. The number of carboxylic acid groups (broad SMARTS) is 1. The molecule has 0 aromatic rings. The van der Waals surface area contributed by atoms with Gasteiger partial charge in [-0.15, -0.1) is 0 Å². The average Bonchev–Trinajstić information content (AvgIpc) is 1.67. The molecule has 0 fully saturated rings. The molecule has 4 heteroatoms. The predicted octanol–water partition coefficient (Wildman–Crippen LogP) is 0.874. The molecule has 0 bridgehead atoms. The fraction of sp³-hybridized carbons (Fsp3) is 0.750. The molecule has 3 nitrogen and oxygen atoms in total. The van der Waals surface area contributed by atoms with Crippen molar-refractivity contribution in [1.29, 1.82) is 0 Å². The molecule has 0 aromatic heterocycles. The van der Waals surface area contributed by atoms with Crippen LogP contribution < -0.4 is 0 Å². The third kappa shape index (κ3) is 1.58. The summed E-state index contributed by atoms with van der Waals surface area (Å²) in [6.45, 7) is 2.83. The van der Waals surface area contributed by atoms with Gasteiger partial charge in [-0.2, -0.15) is 0 Å². The SMILES string of the molecule is CC(C)([PH+]=O)C(=O)O. The number of rotatable bonds is 2. The van der Waals surface area contributed by atoms with E-state index in [1.54, 1.807) is 0 Å². The second kappa shape index (κ2) is 2.23. The molecule has 0 amide bonds. The number of hydrogen-bond donors (Lipinski definition) is 1. The van der Waals surface area contributed by atoms with Crippen molar-refractivity contribution in [2.75, 3.05) is 0 Å². The first-order valence-electron chi connectivity index (χ1n) is 2.13. The lowest BCUT2D eigenvalue weighted by molar-refractivity contribution is -0.139. The molecule has 0 spiro atoms. The van der Waals surface area contributed by atoms with Crippen LogP contribution >= 0.6 is 8.46 Å². The summed E-state index contributed by atoms with van der Waals surface area (Å²) in [5.41, 5.74) is 0. The van der Waals surface area contributed by atoms with Crippen molar-refractivity contribution in [3.8, 4) is 0 Å². The monoisotopic (exact) mass is 135 g/mol. The molecule has 0 aliphatic carbocycles. The Kier molecular flexibility index (Phi) is 2.11. The molecule has 0 aliphatic heterocycles. The molecule has 8 heavy (non-hydrogen) atoms. The first-order chi connectivity index (χ1) is 3.50. The molecule has 0 rings (SSSR count). The van der Waals surface area contributed by atoms with Crippen molar-refractivity contribution in [3.05, 3.63) is 0 Å². The second-order valence-electron chi connectivity index (χ2n) is 2.03. The van der Waals surface area contributed by atoms with Crippen LogP contribution in [0.2, 0.25) is 0 Å². The van der Waals surface area contributed by atoms with Gasteiger partial charge in [0, 0.05) is 0 Å². The summed E-state index contributed by atoms with van der Waals surface area (Å²) in [6.07, 6.45) is 0. The highest BCUT2D eigenvalue weighted by atomic mass is 31.1. The second-order valence-corrected chi connectivity index (χ2v) is 3.49. The highest BCUT2D eigenvalue weighted by Gasteiger charge is 2.35. The zero-order valence-electron chi connectivity index (χ0n) is 4.76. The maximum absolute atomic E-state index is 10.1. The maximum atomic E-state index is 10.1. The van der Waals surface area contributed by atoms with E-state index >= 15 is 0 Å². The van der Waals surface area contributed by atoms with E-state index in [1.165, 1.54) is 13.8 Å². The smallest absolute Gasteiger partial charge is 0.358 e. The molecule has 1 N–H and O–H groups in total. The standard InChI is InChI=1S/C4H7O3P/c1-4(2,8-7)3(5)6/h1-2H3,(H,5,6)/p+1. The van der Waals surface area contributed by atoms with Gasteiger partial charge in [0.25, 0.3) is 5.16 Å². The zero-order chi connectivity index (χ0) is 6.78. The fourth-order valence-electron chi connectivity index (χ4n) is 0.0437. The maximum Gasteiger partial charge on any atom is 0.358 e. The van der Waals surface area contributed by atoms with Crippen molar-refractivity contribution in [2.45, 2.75) is 19.0 Å². The van der Waals surface area contributed by atoms with E-state index in [0.717, 1.165) is 0 Å². The summed E-state index contributed by atoms with van der Waals surface area (Å²) in [5.74, 6) is -1.02. The summed E-state index contributed by atoms with van der Waals surface area (Å²) in [7, 11) is -0.785. The minimum atomic E-state index is -1.07. The lowest BCUT2D eigenvalue weighted by Crippen LogP contribution is -2.23. The van der Waals surface area contributed by atoms with Crippen molar-refractivity contribution in [2.24, 2.45) is 0 Å². The third-order valence-corrected chi connectivity index (χ3v) is 1.51. The Balaban J connectivity index is 4.12. The van der Waals surface area contributed by atoms with Crippen molar-refractivity contribution >= 4 is 14.4 Å². The van der Waals surface area contributed by atoms with E-state index in [0.29, 0.717) is 0 Å². The van der Waals surface area contributed by atoms with E-state index < -0.39 is 19.6 Å². The van der Waals surface area contributed by atoms with Crippen LogP contribution in [0.1, 0.15) is 13.8 Å². The van der Waals surface area contributed by atoms with Gasteiger partial charge >= 0.3 is 14.4 Å². The van der Waals surface area contributed by atoms with Crippen LogP contribution in [0, 0.1) is 0 Å². The number of carbonyl (C=O) groups is 1. The zero-order valence-corrected chi connectivity index (χ0v) is 5.76. The minimum absolute atomic E-state index is 0.785. The topological polar surface area (TPSA) is 54.4 Å². The lowest BCUT2D eigenvalue weighted by atomic mass is 10.2. The Labute approximate surface area is 48.9 Å². The summed E-state index contributed by atoms with van der Waals surface area (Å²) < 4.78 is 10.0. The summed E-state index contributed by atoms with van der Waals surface area (Å²) in [5, 5.41) is 7.18. The first kappa shape index (κ1) is 7.57. The van der Waals surface area contributed by atoms with Crippen molar-refractivity contribution < 1.29 is 14.5 Å². The fourth-order valence-corrected chi connectivity index (χ4v) is 0.131. The molecule has 1 atom stereocenters. The van der Waals surface area contributed by atoms with Gasteiger partial charge in [0.2, 0.25) is 0 Å². The lowest BCUT2D eigenvalue weighted by Gasteiger charge is -1.97. The van der Waals surface area contributed by atoms with Crippen LogP contribution in [0.4, 0.5) is 0 Å². The highest BCUT2D eigenvalue weighted by Crippen LogP contribution is 2.20. The molecule has 0 saturated heterocycles. The largest absolute Gasteiger partial charge is 0.478 e. The normalized spacial score (nSPS) is 11.8. The van der Waals surface area contributed by atoms with Gasteiger partial charge in [-0.3, -0.25) is 0 Å². The molecule has 0 aromatic carbocycles. The predicted molar refractivity (Wildman–Crippen MR) is 30.7 cm³/mol. The van der Waals surface area contributed by atoms with Crippen LogP contribution in [0.15, 0.2) is 0 Å². The quantitative estimate of drug-likeness (QED) is 0.571. The van der Waals surface area contributed by atoms with E-state index in [4.69, 9.17) is 5.11 Å². The number of hydrogen-bond acceptors (Lipinski definition) is 2. The Morgan fingerprint density at radius 3 is 2.00 bits per heavy atom. The van der Waals surface area contributed by atoms with Crippen molar-refractivity contribution in [1.82, 2.24) is 0 Å². The molecule has 0 heterocycles. The van der Waals surface area contributed by atoms with Gasteiger partial charge in [-0.25, -0.2) is 4.79 Å². The van der Waals surface area contributed by atoms with Gasteiger partial charge in [0.1, 0.15) is 0 Å². The van der Waals surface area contributed by atoms with Crippen molar-refractivity contribution in [3.63, 3.8) is 0 Å². The van der Waals surface area contributed by atoms with Gasteiger partial charge < -0.3 is 5.11 Å². The van der Waals surface area contributed by atoms with E-state index in [9.17, 15) is 9.36 Å². The van der Waals surface area contributed by atoms with Crippen LogP contribution in [0.3, 0.4) is 0 Å². The summed E-state index contributed by atoms with van der Waals surface area (Å²) in [4.78, 5) is 10.1. The molecular formula is C4H8O3P+. The molecule has 0 aliphatic rings. The van der Waals surface area contributed by atoms with Crippen LogP contribution in [0.5, 0.6) is 0 Å². The Morgan fingerprint density at radius 1 is 1.62 bits per heavy atom. The van der Waals surface area contributed by atoms with E-state index in [2.05, 4.69) is 0 Å². The molecule has 0 saturated carbocycles. The molecule has 46 valence electrons. The Bertz CT molecular complexity index is 118. The summed E-state index contributed by atoms with van der Waals surface area (Å²) >= 11 is 0. The van der Waals surface area contributed by atoms with Crippen LogP contribution in [0.25, 0.3) is 0 Å². The van der Waals surface area contributed by atoms with Gasteiger partial charge in [-0.05, 0) is 13.8 Å². The number of carboxylic acids is 1. The van der Waals surface area contributed by atoms with Gasteiger partial charge in [-0.1, -0.05) is 4.57 Å². The van der Waals surface area contributed by atoms with Crippen LogP contribution in [-0.4, -0.2) is 16.2 Å². The number of aliphatic carboxylic acids is 1. The Hall–Kier alpha value is -0.430. The Morgan fingerprint density at radius 2 is 2.00 bits per heavy atom. The highest BCUT2D eigenvalue weighted by molar-refractivity contribution is 7.27. The van der Waals surface area contributed by atoms with Gasteiger partial charge in [0.05, 0.1) is 0 Å². The third-order valence-electron chi connectivity index (χ3n) is 0.790.